The number of nitrogens with one attached hydrogen (secondary N) is 1. The molecule has 2 aliphatic rings. The van der Waals surface area contributed by atoms with Gasteiger partial charge in [0.15, 0.2) is 5.49 Å². The summed E-state index contributed by atoms with van der Waals surface area (Å²) in [4.78, 5) is 3.77. The lowest BCUT2D eigenvalue weighted by Gasteiger charge is -1.95. The minimum atomic E-state index is 0.240. The zero-order valence-electron chi connectivity index (χ0n) is 5.11. The molecule has 0 aliphatic carbocycles. The lowest BCUT2D eigenvalue weighted by atomic mass is 10.5. The number of hydrogen-bond acceptors (Lipinski definition) is 3. The summed E-state index contributed by atoms with van der Waals surface area (Å²) >= 11 is 0. The van der Waals surface area contributed by atoms with E-state index in [0.717, 1.165) is 0 Å². The number of aromatic nitrogens is 2. The number of nitrogens with zero attached hydrogens (tertiary/aromatic N) is 2. The van der Waals surface area contributed by atoms with Crippen molar-refractivity contribution in [2.24, 2.45) is 0 Å². The van der Waals surface area contributed by atoms with E-state index in [1.807, 2.05) is 0 Å². The third-order valence-corrected chi connectivity index (χ3v) is 1.31. The van der Waals surface area contributed by atoms with E-state index in [1.165, 1.54) is 12.5 Å². The molecule has 0 radical (unpaired) electrons. The molecule has 0 spiro atoms. The molecule has 2 heterocycles. The van der Waals surface area contributed by atoms with Crippen LogP contribution in [0.4, 0.5) is 0 Å². The zero-order chi connectivity index (χ0) is 6.97. The van der Waals surface area contributed by atoms with Crippen LogP contribution in [0.5, 0.6) is 0 Å². The van der Waals surface area contributed by atoms with Gasteiger partial charge in [-0.05, 0) is 0 Å². The van der Waals surface area contributed by atoms with Gasteiger partial charge in [0.25, 0.3) is 0 Å². The second-order valence-electron chi connectivity index (χ2n) is 1.92. The van der Waals surface area contributed by atoms with Crippen molar-refractivity contribution in [3.05, 3.63) is 30.5 Å². The van der Waals surface area contributed by atoms with E-state index in [2.05, 4.69) is 4.98 Å². The van der Waals surface area contributed by atoms with Crippen LogP contribution in [0.1, 0.15) is 0 Å². The highest BCUT2D eigenvalue weighted by Crippen LogP contribution is 2.00. The predicted octanol–water partition coefficient (Wildman–Crippen LogP) is 0.383. The van der Waals surface area contributed by atoms with Crippen molar-refractivity contribution in [2.45, 2.75) is 0 Å². The Balaban J connectivity index is 2.91. The summed E-state index contributed by atoms with van der Waals surface area (Å²) < 4.78 is 6.58. The number of hydrogen-bond donors (Lipinski definition) is 1. The maximum atomic E-state index is 7.25. The summed E-state index contributed by atoms with van der Waals surface area (Å²) in [5.74, 6) is 0. The third kappa shape index (κ3) is 0.556. The van der Waals surface area contributed by atoms with Gasteiger partial charge in [0, 0.05) is 6.20 Å². The standard InChI is InChI=1S/C6H5N3O/c7-6-5-3-10-2-1-9(5)4-8-6/h1-4,7H. The molecule has 0 aromatic rings. The molecule has 2 rings (SSSR count). The third-order valence-electron chi connectivity index (χ3n) is 1.31. The van der Waals surface area contributed by atoms with E-state index in [-0.39, 0.29) is 5.49 Å². The number of fused-ring (bicyclic) bond motifs is 1. The molecular weight excluding hydrogens is 130 g/mol. The zero-order valence-corrected chi connectivity index (χ0v) is 5.11. The Morgan fingerprint density at radius 2 is 2.50 bits per heavy atom. The molecule has 50 valence electrons. The second-order valence-corrected chi connectivity index (χ2v) is 1.92. The molecule has 0 fully saturated rings. The first-order valence-corrected chi connectivity index (χ1v) is 2.82. The van der Waals surface area contributed by atoms with Gasteiger partial charge in [-0.3, -0.25) is 9.98 Å². The van der Waals surface area contributed by atoms with E-state index in [9.17, 15) is 0 Å². The molecule has 4 heteroatoms. The van der Waals surface area contributed by atoms with Crippen LogP contribution in [0.3, 0.4) is 0 Å². The fourth-order valence-electron chi connectivity index (χ4n) is 0.810. The summed E-state index contributed by atoms with van der Waals surface area (Å²) in [6.45, 7) is 0. The van der Waals surface area contributed by atoms with Gasteiger partial charge in [0.05, 0.1) is 0 Å². The summed E-state index contributed by atoms with van der Waals surface area (Å²) in [5.41, 5.74) is 0.923. The van der Waals surface area contributed by atoms with Gasteiger partial charge in [-0.25, -0.2) is 4.98 Å². The Morgan fingerprint density at radius 3 is 3.30 bits per heavy atom. The molecule has 0 aromatic carbocycles. The normalized spacial score (nSPS) is 10.4. The molecule has 0 atom stereocenters. The van der Waals surface area contributed by atoms with Crippen molar-refractivity contribution in [3.63, 3.8) is 0 Å². The van der Waals surface area contributed by atoms with Crippen molar-refractivity contribution >= 4 is 0 Å². The molecule has 4 nitrogen and oxygen atoms in total. The van der Waals surface area contributed by atoms with E-state index in [4.69, 9.17) is 9.83 Å². The summed E-state index contributed by atoms with van der Waals surface area (Å²) in [5, 5.41) is 7.25. The van der Waals surface area contributed by atoms with Crippen LogP contribution in [0.2, 0.25) is 0 Å². The molecule has 1 N–H and O–H groups in total. The maximum Gasteiger partial charge on any atom is 0.173 e. The molecule has 0 bridgehead atoms. The van der Waals surface area contributed by atoms with Gasteiger partial charge in [-0.2, -0.15) is 0 Å². The van der Waals surface area contributed by atoms with Crippen LogP contribution >= 0.6 is 0 Å². The van der Waals surface area contributed by atoms with Crippen LogP contribution in [0, 0.1) is 5.41 Å². The monoisotopic (exact) mass is 135 g/mol. The Labute approximate surface area is 56.6 Å². The fraction of sp³-hybridized carbons (Fsp3) is 0. The Hall–Kier alpha value is -1.58. The van der Waals surface area contributed by atoms with E-state index >= 15 is 0 Å². The van der Waals surface area contributed by atoms with Crippen molar-refractivity contribution in [3.8, 4) is 5.69 Å². The largest absolute Gasteiger partial charge is 0.469 e. The SMILES string of the molecule is N=c1ncn2ccocc1-2. The fourth-order valence-corrected chi connectivity index (χ4v) is 0.810. The first kappa shape index (κ1) is 5.22. The first-order valence-electron chi connectivity index (χ1n) is 2.82. The Kier molecular flexibility index (Phi) is 0.887. The Morgan fingerprint density at radius 1 is 1.60 bits per heavy atom. The summed E-state index contributed by atoms with van der Waals surface area (Å²) in [6.07, 6.45) is 6.32. The molecule has 0 unspecified atom stereocenters. The van der Waals surface area contributed by atoms with Crippen LogP contribution in [-0.2, 0) is 0 Å². The van der Waals surface area contributed by atoms with Crippen molar-refractivity contribution in [1.29, 1.82) is 5.41 Å². The molecule has 0 saturated heterocycles. The number of imidazole rings is 1. The second kappa shape index (κ2) is 1.70. The van der Waals surface area contributed by atoms with Gasteiger partial charge in [0.2, 0.25) is 0 Å². The van der Waals surface area contributed by atoms with E-state index in [0.29, 0.717) is 5.69 Å². The van der Waals surface area contributed by atoms with Gasteiger partial charge < -0.3 is 4.42 Å². The Bertz CT molecular complexity index is 362. The minimum Gasteiger partial charge on any atom is -0.469 e. The van der Waals surface area contributed by atoms with Crippen molar-refractivity contribution in [2.75, 3.05) is 0 Å². The van der Waals surface area contributed by atoms with Gasteiger partial charge in [-0.1, -0.05) is 0 Å². The predicted molar refractivity (Wildman–Crippen MR) is 32.9 cm³/mol. The van der Waals surface area contributed by atoms with E-state index in [1.54, 1.807) is 17.1 Å². The van der Waals surface area contributed by atoms with Crippen LogP contribution in [0.15, 0.2) is 29.5 Å². The molecule has 10 heavy (non-hydrogen) atoms. The van der Waals surface area contributed by atoms with E-state index < -0.39 is 0 Å². The number of rotatable bonds is 0. The lowest BCUT2D eigenvalue weighted by Crippen LogP contribution is -2.03. The first-order chi connectivity index (χ1) is 4.88. The highest BCUT2D eigenvalue weighted by Gasteiger charge is 2.00. The topological polar surface area (TPSA) is 54.8 Å². The van der Waals surface area contributed by atoms with Crippen LogP contribution < -0.4 is 5.49 Å². The quantitative estimate of drug-likeness (QED) is 0.567. The van der Waals surface area contributed by atoms with Gasteiger partial charge in [0.1, 0.15) is 24.5 Å². The molecular formula is C6H5N3O. The summed E-state index contributed by atoms with van der Waals surface area (Å²) in [7, 11) is 0. The van der Waals surface area contributed by atoms with Gasteiger partial charge >= 0.3 is 0 Å². The highest BCUT2D eigenvalue weighted by atomic mass is 16.3. The molecule has 0 saturated carbocycles. The van der Waals surface area contributed by atoms with Gasteiger partial charge in [-0.15, -0.1) is 0 Å². The molecule has 2 aliphatic heterocycles. The maximum absolute atomic E-state index is 7.25. The highest BCUT2D eigenvalue weighted by molar-refractivity contribution is 5.23. The lowest BCUT2D eigenvalue weighted by molar-refractivity contribution is 0.535. The average Bonchev–Trinajstić information content (AvgIpc) is 2.34. The molecule has 0 amide bonds. The van der Waals surface area contributed by atoms with Crippen LogP contribution in [0.25, 0.3) is 5.69 Å². The van der Waals surface area contributed by atoms with Crippen molar-refractivity contribution in [1.82, 2.24) is 9.55 Å². The van der Waals surface area contributed by atoms with Crippen LogP contribution in [-0.4, -0.2) is 9.55 Å². The smallest absolute Gasteiger partial charge is 0.173 e. The minimum absolute atomic E-state index is 0.240. The van der Waals surface area contributed by atoms with Crippen molar-refractivity contribution < 1.29 is 4.42 Å². The summed E-state index contributed by atoms with van der Waals surface area (Å²) in [6, 6.07) is 0. The average molecular weight is 135 g/mol. The molecule has 0 aromatic heterocycles.